The van der Waals surface area contributed by atoms with Crippen LogP contribution < -0.4 is 0 Å². The summed E-state index contributed by atoms with van der Waals surface area (Å²) >= 11 is 0. The van der Waals surface area contributed by atoms with Gasteiger partial charge in [-0.3, -0.25) is 0 Å². The van der Waals surface area contributed by atoms with Crippen LogP contribution in [-0.4, -0.2) is 5.97 Å². The van der Waals surface area contributed by atoms with Crippen molar-refractivity contribution in [2.45, 2.75) is 12.5 Å². The Labute approximate surface area is 149 Å². The van der Waals surface area contributed by atoms with Gasteiger partial charge in [0.1, 0.15) is 0 Å². The summed E-state index contributed by atoms with van der Waals surface area (Å²) < 4.78 is 5.99. The minimum absolute atomic E-state index is 0.386. The molecule has 1 aliphatic heterocycles. The van der Waals surface area contributed by atoms with E-state index in [1.165, 1.54) is 0 Å². The van der Waals surface area contributed by atoms with Crippen LogP contribution in [0.3, 0.4) is 0 Å². The highest BCUT2D eigenvalue weighted by Gasteiger charge is 2.51. The largest absolute Gasteiger partial charge is 0.441 e. The van der Waals surface area contributed by atoms with E-state index in [0.29, 0.717) is 5.57 Å². The van der Waals surface area contributed by atoms with Gasteiger partial charge in [0, 0.05) is 16.7 Å². The molecule has 1 aliphatic rings. The standard InChI is InChI=1S/C23H22O2/c1-5-9-15-18(8-4)23(19-16-11-10-12-17-19)21(14-7-3)20(13-6-2)22(24)25-23/h5-17H,1-3H2,4H3/b15-9-,18-8+,20-13+,21-14+. The summed E-state index contributed by atoms with van der Waals surface area (Å²) in [6, 6.07) is 9.69. The van der Waals surface area contributed by atoms with Crippen molar-refractivity contribution < 1.29 is 9.53 Å². The summed E-state index contributed by atoms with van der Waals surface area (Å²) in [5.74, 6) is -0.386. The van der Waals surface area contributed by atoms with E-state index < -0.39 is 5.60 Å². The molecule has 126 valence electrons. The maximum Gasteiger partial charge on any atom is 0.340 e. The Morgan fingerprint density at radius 1 is 1.04 bits per heavy atom. The first kappa shape index (κ1) is 18.2. The molecule has 0 aliphatic carbocycles. The molecule has 1 atom stereocenters. The predicted octanol–water partition coefficient (Wildman–Crippen LogP) is 5.35. The first-order valence-corrected chi connectivity index (χ1v) is 8.06. The second kappa shape index (κ2) is 8.11. The maximum absolute atomic E-state index is 12.6. The van der Waals surface area contributed by atoms with Gasteiger partial charge in [0.2, 0.25) is 0 Å². The van der Waals surface area contributed by atoms with Crippen molar-refractivity contribution in [2.75, 3.05) is 0 Å². The highest BCUT2D eigenvalue weighted by atomic mass is 16.6. The lowest BCUT2D eigenvalue weighted by molar-refractivity contribution is -0.143. The molecule has 2 heteroatoms. The van der Waals surface area contributed by atoms with Crippen molar-refractivity contribution in [3.8, 4) is 0 Å². The zero-order valence-electron chi connectivity index (χ0n) is 14.4. The van der Waals surface area contributed by atoms with Gasteiger partial charge in [-0.1, -0.05) is 92.6 Å². The van der Waals surface area contributed by atoms with Crippen molar-refractivity contribution in [2.24, 2.45) is 0 Å². The predicted molar refractivity (Wildman–Crippen MR) is 104 cm³/mol. The van der Waals surface area contributed by atoms with E-state index in [9.17, 15) is 4.79 Å². The van der Waals surface area contributed by atoms with Crippen molar-refractivity contribution >= 4 is 5.97 Å². The van der Waals surface area contributed by atoms with Gasteiger partial charge in [-0.2, -0.15) is 0 Å². The summed E-state index contributed by atoms with van der Waals surface area (Å²) in [6.45, 7) is 13.2. The summed E-state index contributed by atoms with van der Waals surface area (Å²) in [7, 11) is 0. The summed E-state index contributed by atoms with van der Waals surface area (Å²) in [6.07, 6.45) is 14.1. The number of hydrogen-bond acceptors (Lipinski definition) is 2. The van der Waals surface area contributed by atoms with Crippen molar-refractivity contribution in [3.05, 3.63) is 121 Å². The van der Waals surface area contributed by atoms with Gasteiger partial charge in [-0.25, -0.2) is 4.79 Å². The van der Waals surface area contributed by atoms with Crippen LogP contribution >= 0.6 is 0 Å². The SMILES string of the molecule is C=C/C=C\C(=C/C)C1(c2ccccc2)OC(=O)C(=C/C=C)/C1=C\C=C. The molecule has 1 unspecified atom stereocenters. The highest BCUT2D eigenvalue weighted by molar-refractivity contribution is 5.99. The van der Waals surface area contributed by atoms with E-state index in [0.717, 1.165) is 16.7 Å². The van der Waals surface area contributed by atoms with E-state index in [4.69, 9.17) is 4.74 Å². The van der Waals surface area contributed by atoms with Gasteiger partial charge in [0.05, 0.1) is 5.57 Å². The fraction of sp³-hybridized carbons (Fsp3) is 0.0870. The fourth-order valence-corrected chi connectivity index (χ4v) is 3.01. The number of carbonyl (C=O) groups is 1. The fourth-order valence-electron chi connectivity index (χ4n) is 3.01. The van der Waals surface area contributed by atoms with E-state index >= 15 is 0 Å². The first-order valence-electron chi connectivity index (χ1n) is 8.06. The molecule has 1 aromatic carbocycles. The number of rotatable bonds is 6. The van der Waals surface area contributed by atoms with Crippen LogP contribution in [0.15, 0.2) is 115 Å². The lowest BCUT2D eigenvalue weighted by Crippen LogP contribution is -2.29. The maximum atomic E-state index is 12.6. The quantitative estimate of drug-likeness (QED) is 0.399. The molecule has 25 heavy (non-hydrogen) atoms. The average Bonchev–Trinajstić information content (AvgIpc) is 2.91. The Bertz CT molecular complexity index is 804. The number of hydrogen-bond donors (Lipinski definition) is 0. The minimum Gasteiger partial charge on any atom is -0.441 e. The molecule has 0 radical (unpaired) electrons. The monoisotopic (exact) mass is 330 g/mol. The van der Waals surface area contributed by atoms with Gasteiger partial charge in [-0.05, 0) is 13.0 Å². The van der Waals surface area contributed by atoms with Gasteiger partial charge in [0.25, 0.3) is 0 Å². The molecule has 0 bridgehead atoms. The number of cyclic esters (lactones) is 1. The first-order chi connectivity index (χ1) is 12.1. The van der Waals surface area contributed by atoms with Gasteiger partial charge < -0.3 is 4.74 Å². The van der Waals surface area contributed by atoms with E-state index in [-0.39, 0.29) is 5.97 Å². The zero-order chi connectivity index (χ0) is 18.3. The van der Waals surface area contributed by atoms with Crippen LogP contribution in [0.1, 0.15) is 12.5 Å². The topological polar surface area (TPSA) is 26.3 Å². The number of benzene rings is 1. The third kappa shape index (κ3) is 3.24. The Balaban J connectivity index is 2.86. The lowest BCUT2D eigenvalue weighted by Gasteiger charge is -2.31. The van der Waals surface area contributed by atoms with Gasteiger partial charge >= 0.3 is 5.97 Å². The minimum atomic E-state index is -1.03. The average molecular weight is 330 g/mol. The smallest absolute Gasteiger partial charge is 0.340 e. The molecule has 2 rings (SSSR count). The summed E-state index contributed by atoms with van der Waals surface area (Å²) in [4.78, 5) is 12.6. The number of carbonyl (C=O) groups excluding carboxylic acids is 1. The Hall–Kier alpha value is -3.13. The summed E-state index contributed by atoms with van der Waals surface area (Å²) in [5.41, 5.74) is 1.89. The number of esters is 1. The van der Waals surface area contributed by atoms with Crippen molar-refractivity contribution in [1.29, 1.82) is 0 Å². The van der Waals surface area contributed by atoms with Crippen LogP contribution in [-0.2, 0) is 15.1 Å². The Morgan fingerprint density at radius 2 is 1.72 bits per heavy atom. The molecule has 1 aromatic rings. The molecule has 0 saturated carbocycles. The molecule has 1 fully saturated rings. The van der Waals surface area contributed by atoms with E-state index in [2.05, 4.69) is 19.7 Å². The normalized spacial score (nSPS) is 23.9. The molecule has 0 aromatic heterocycles. The molecule has 0 amide bonds. The number of allylic oxidation sites excluding steroid dienone is 7. The van der Waals surface area contributed by atoms with E-state index in [1.807, 2.05) is 61.6 Å². The second-order valence-electron chi connectivity index (χ2n) is 5.41. The Morgan fingerprint density at radius 3 is 2.28 bits per heavy atom. The van der Waals surface area contributed by atoms with E-state index in [1.54, 1.807) is 24.3 Å². The molecular formula is C23H22O2. The second-order valence-corrected chi connectivity index (χ2v) is 5.41. The lowest BCUT2D eigenvalue weighted by atomic mass is 9.77. The van der Waals surface area contributed by atoms with Gasteiger partial charge in [0.15, 0.2) is 5.60 Å². The van der Waals surface area contributed by atoms with Crippen LogP contribution in [0.25, 0.3) is 0 Å². The zero-order valence-corrected chi connectivity index (χ0v) is 14.4. The van der Waals surface area contributed by atoms with Crippen molar-refractivity contribution in [3.63, 3.8) is 0 Å². The molecular weight excluding hydrogens is 308 g/mol. The van der Waals surface area contributed by atoms with Crippen molar-refractivity contribution in [1.82, 2.24) is 0 Å². The third-order valence-electron chi connectivity index (χ3n) is 4.01. The van der Waals surface area contributed by atoms with Crippen LogP contribution in [0, 0.1) is 0 Å². The third-order valence-corrected chi connectivity index (χ3v) is 4.01. The molecule has 2 nitrogen and oxygen atoms in total. The Kier molecular flexibility index (Phi) is 5.91. The van der Waals surface area contributed by atoms with Crippen LogP contribution in [0.4, 0.5) is 0 Å². The number of ether oxygens (including phenoxy) is 1. The molecule has 1 heterocycles. The van der Waals surface area contributed by atoms with Crippen LogP contribution in [0.5, 0.6) is 0 Å². The summed E-state index contributed by atoms with van der Waals surface area (Å²) in [5, 5.41) is 0. The van der Waals surface area contributed by atoms with Gasteiger partial charge in [-0.15, -0.1) is 0 Å². The molecule has 1 saturated heterocycles. The molecule has 0 N–H and O–H groups in total. The van der Waals surface area contributed by atoms with Crippen LogP contribution in [0.2, 0.25) is 0 Å². The highest BCUT2D eigenvalue weighted by Crippen LogP contribution is 2.49. The molecule has 0 spiro atoms.